The molecule has 6 nitrogen and oxygen atoms in total. The van der Waals surface area contributed by atoms with Gasteiger partial charge in [-0.15, -0.1) is 0 Å². The lowest BCUT2D eigenvalue weighted by Gasteiger charge is -2.21. The van der Waals surface area contributed by atoms with Crippen molar-refractivity contribution < 1.29 is 28.9 Å². The summed E-state index contributed by atoms with van der Waals surface area (Å²) in [6.45, 7) is 4.73. The van der Waals surface area contributed by atoms with E-state index in [1.807, 2.05) is 6.07 Å². The largest absolute Gasteiger partial charge is 0.493 e. The van der Waals surface area contributed by atoms with Gasteiger partial charge in [0.25, 0.3) is 0 Å². The van der Waals surface area contributed by atoms with E-state index in [0.717, 1.165) is 0 Å². The van der Waals surface area contributed by atoms with Crippen LogP contribution in [0.2, 0.25) is 5.02 Å². The van der Waals surface area contributed by atoms with E-state index in [1.165, 1.54) is 13.8 Å². The Morgan fingerprint density at radius 3 is 2.07 bits per heavy atom. The lowest BCUT2D eigenvalue weighted by molar-refractivity contribution is -0.152. The van der Waals surface area contributed by atoms with Crippen LogP contribution in [-0.2, 0) is 9.59 Å². The van der Waals surface area contributed by atoms with E-state index in [0.29, 0.717) is 28.7 Å². The Bertz CT molecular complexity index is 755. The monoisotopic (exact) mass is 394 g/mol. The van der Waals surface area contributed by atoms with Crippen molar-refractivity contribution in [2.75, 3.05) is 7.11 Å². The van der Waals surface area contributed by atoms with Gasteiger partial charge in [0.1, 0.15) is 5.75 Å². The Kier molecular flexibility index (Phi) is 8.62. The zero-order valence-electron chi connectivity index (χ0n) is 15.7. The first-order valence-corrected chi connectivity index (χ1v) is 8.59. The van der Waals surface area contributed by atoms with Crippen molar-refractivity contribution in [1.29, 1.82) is 0 Å². The predicted molar refractivity (Wildman–Crippen MR) is 103 cm³/mol. The smallest absolute Gasteiger partial charge is 0.347 e. The number of halogens is 1. The molecule has 0 heterocycles. The number of esters is 1. The highest BCUT2D eigenvalue weighted by atomic mass is 35.5. The molecule has 0 bridgehead atoms. The third-order valence-electron chi connectivity index (χ3n) is 3.28. The van der Waals surface area contributed by atoms with E-state index in [-0.39, 0.29) is 5.97 Å². The first-order chi connectivity index (χ1) is 12.7. The molecule has 0 atom stereocenters. The van der Waals surface area contributed by atoms with Crippen LogP contribution < -0.4 is 14.2 Å². The van der Waals surface area contributed by atoms with E-state index in [2.05, 4.69) is 0 Å². The van der Waals surface area contributed by atoms with E-state index in [1.54, 1.807) is 56.5 Å². The quantitative estimate of drug-likeness (QED) is 0.569. The highest BCUT2D eigenvalue weighted by Crippen LogP contribution is 2.26. The topological polar surface area (TPSA) is 82.1 Å². The number of aliphatic carboxylic acids is 1. The molecule has 7 heteroatoms. The minimum atomic E-state index is -1.23. The minimum Gasteiger partial charge on any atom is -0.493 e. The number of ether oxygens (including phenoxy) is 3. The van der Waals surface area contributed by atoms with Crippen LogP contribution in [0, 0.1) is 0 Å². The summed E-state index contributed by atoms with van der Waals surface area (Å²) >= 11 is 5.67. The summed E-state index contributed by atoms with van der Waals surface area (Å²) in [5.41, 5.74) is -1.23. The van der Waals surface area contributed by atoms with Crippen LogP contribution >= 0.6 is 11.6 Å². The summed E-state index contributed by atoms with van der Waals surface area (Å²) in [7, 11) is 1.54. The second-order valence-electron chi connectivity index (χ2n) is 5.85. The average molecular weight is 395 g/mol. The average Bonchev–Trinajstić information content (AvgIpc) is 2.64. The summed E-state index contributed by atoms with van der Waals surface area (Å²) in [6.07, 6.45) is 0.359. The molecule has 0 aliphatic carbocycles. The molecule has 27 heavy (non-hydrogen) atoms. The maximum Gasteiger partial charge on any atom is 0.347 e. The van der Waals surface area contributed by atoms with Crippen molar-refractivity contribution in [2.24, 2.45) is 0 Å². The van der Waals surface area contributed by atoms with Gasteiger partial charge in [-0.2, -0.15) is 0 Å². The molecule has 0 spiro atoms. The lowest BCUT2D eigenvalue weighted by Crippen LogP contribution is -2.37. The van der Waals surface area contributed by atoms with Crippen LogP contribution in [0.15, 0.2) is 48.5 Å². The van der Waals surface area contributed by atoms with Crippen molar-refractivity contribution in [2.45, 2.75) is 32.8 Å². The first-order valence-electron chi connectivity index (χ1n) is 8.21. The van der Waals surface area contributed by atoms with Crippen LogP contribution in [0.1, 0.15) is 27.2 Å². The fourth-order valence-corrected chi connectivity index (χ4v) is 1.86. The SMILES string of the molecule is CC(C)(Oc1ccc(Cl)cc1)C(=O)O.CCC(=O)Oc1ccccc1OC. The third kappa shape index (κ3) is 7.58. The lowest BCUT2D eigenvalue weighted by atomic mass is 10.1. The molecule has 0 saturated heterocycles. The Hall–Kier alpha value is -2.73. The van der Waals surface area contributed by atoms with Gasteiger partial charge >= 0.3 is 11.9 Å². The number of carboxylic acids is 1. The zero-order chi connectivity index (χ0) is 20.4. The van der Waals surface area contributed by atoms with Gasteiger partial charge in [-0.3, -0.25) is 4.79 Å². The number of benzene rings is 2. The van der Waals surface area contributed by atoms with Crippen LogP contribution in [0.4, 0.5) is 0 Å². The van der Waals surface area contributed by atoms with Crippen LogP contribution in [0.25, 0.3) is 0 Å². The molecule has 0 aliphatic rings. The molecule has 1 N–H and O–H groups in total. The second kappa shape index (κ2) is 10.4. The summed E-state index contributed by atoms with van der Waals surface area (Å²) in [4.78, 5) is 21.7. The molecule has 0 saturated carbocycles. The second-order valence-corrected chi connectivity index (χ2v) is 6.29. The molecule has 2 aromatic rings. The molecule has 0 unspecified atom stereocenters. The Morgan fingerprint density at radius 2 is 1.59 bits per heavy atom. The minimum absolute atomic E-state index is 0.260. The molecule has 0 aliphatic heterocycles. The van der Waals surface area contributed by atoms with Gasteiger partial charge in [0.05, 0.1) is 7.11 Å². The molecular weight excluding hydrogens is 372 g/mol. The normalized spacial score (nSPS) is 10.3. The summed E-state index contributed by atoms with van der Waals surface area (Å²) in [5, 5.41) is 9.39. The highest BCUT2D eigenvalue weighted by molar-refractivity contribution is 6.30. The summed E-state index contributed by atoms with van der Waals surface area (Å²) < 4.78 is 15.3. The molecule has 0 radical (unpaired) electrons. The number of para-hydroxylation sites is 2. The number of hydrogen-bond donors (Lipinski definition) is 1. The number of rotatable bonds is 6. The summed E-state index contributed by atoms with van der Waals surface area (Å²) in [5.74, 6) is 0.264. The Labute approximate surface area is 163 Å². The van der Waals surface area contributed by atoms with Gasteiger partial charge < -0.3 is 19.3 Å². The van der Waals surface area contributed by atoms with Crippen molar-refractivity contribution in [3.05, 3.63) is 53.6 Å². The maximum absolute atomic E-state index is 11.0. The molecular formula is C20H23ClO6. The zero-order valence-corrected chi connectivity index (χ0v) is 16.4. The molecule has 0 amide bonds. The van der Waals surface area contributed by atoms with Crippen molar-refractivity contribution in [3.8, 4) is 17.2 Å². The number of carbonyl (C=O) groups is 2. The molecule has 146 valence electrons. The Balaban J connectivity index is 0.000000271. The van der Waals surface area contributed by atoms with Crippen molar-refractivity contribution >= 4 is 23.5 Å². The van der Waals surface area contributed by atoms with E-state index in [4.69, 9.17) is 30.9 Å². The van der Waals surface area contributed by atoms with E-state index < -0.39 is 11.6 Å². The van der Waals surface area contributed by atoms with Crippen molar-refractivity contribution in [3.63, 3.8) is 0 Å². The van der Waals surface area contributed by atoms with E-state index >= 15 is 0 Å². The molecule has 2 aromatic carbocycles. The highest BCUT2D eigenvalue weighted by Gasteiger charge is 2.29. The Morgan fingerprint density at radius 1 is 1.04 bits per heavy atom. The standard InChI is InChI=1S/C10H11ClO3.C10H12O3/c1-10(2,9(12)13)14-8-5-3-7(11)4-6-8;1-3-10(11)13-9-7-5-4-6-8(9)12-2/h3-6H,1-2H3,(H,12,13);4-7H,3H2,1-2H3. The van der Waals surface area contributed by atoms with Crippen LogP contribution in [-0.4, -0.2) is 29.8 Å². The molecule has 0 fully saturated rings. The first kappa shape index (κ1) is 22.3. The van der Waals surface area contributed by atoms with Gasteiger partial charge in [-0.05, 0) is 50.2 Å². The molecule has 0 aromatic heterocycles. The van der Waals surface area contributed by atoms with Crippen molar-refractivity contribution in [1.82, 2.24) is 0 Å². The number of hydrogen-bond acceptors (Lipinski definition) is 5. The predicted octanol–water partition coefficient (Wildman–Crippen LogP) is 4.59. The number of methoxy groups -OCH3 is 1. The third-order valence-corrected chi connectivity index (χ3v) is 3.54. The number of carbonyl (C=O) groups excluding carboxylic acids is 1. The fourth-order valence-electron chi connectivity index (χ4n) is 1.74. The van der Waals surface area contributed by atoms with Crippen LogP contribution in [0.5, 0.6) is 17.2 Å². The van der Waals surface area contributed by atoms with Crippen LogP contribution in [0.3, 0.4) is 0 Å². The fraction of sp³-hybridized carbons (Fsp3) is 0.300. The van der Waals surface area contributed by atoms with Gasteiger partial charge in [-0.25, -0.2) is 4.79 Å². The molecule has 2 rings (SSSR count). The van der Waals surface area contributed by atoms with E-state index in [9.17, 15) is 9.59 Å². The van der Waals surface area contributed by atoms with Gasteiger partial charge in [0.2, 0.25) is 0 Å². The number of carboxylic acid groups (broad SMARTS) is 1. The van der Waals surface area contributed by atoms with Gasteiger partial charge in [0.15, 0.2) is 17.1 Å². The van der Waals surface area contributed by atoms with Gasteiger partial charge in [0, 0.05) is 11.4 Å². The maximum atomic E-state index is 11.0. The van der Waals surface area contributed by atoms with Gasteiger partial charge in [-0.1, -0.05) is 30.7 Å². The summed E-state index contributed by atoms with van der Waals surface area (Å²) in [6, 6.07) is 13.6.